The Labute approximate surface area is 199 Å². The first-order valence-electron chi connectivity index (χ1n) is 11.0. The quantitative estimate of drug-likeness (QED) is 0.292. The van der Waals surface area contributed by atoms with Gasteiger partial charge in [-0.25, -0.2) is 17.9 Å². The number of carbonyl (C=O) groups is 1. The van der Waals surface area contributed by atoms with Crippen LogP contribution >= 0.6 is 0 Å². The maximum Gasteiger partial charge on any atom is 0.267 e. The van der Waals surface area contributed by atoms with Crippen LogP contribution in [0.4, 0.5) is 0 Å². The Balaban J connectivity index is 1.68. The maximum absolute atomic E-state index is 13.7. The second-order valence-corrected chi connectivity index (χ2v) is 9.79. The van der Waals surface area contributed by atoms with Crippen molar-refractivity contribution in [2.24, 2.45) is 0 Å². The Morgan fingerprint density at radius 3 is 2.56 bits per heavy atom. The molecule has 178 valence electrons. The Hall–Kier alpha value is -3.24. The first-order valence-corrected chi connectivity index (χ1v) is 12.5. The van der Waals surface area contributed by atoms with Crippen LogP contribution in [0.3, 0.4) is 0 Å². The fraction of sp³-hybridized carbons (Fsp3) is 0.240. The van der Waals surface area contributed by atoms with Crippen molar-refractivity contribution in [3.8, 4) is 11.1 Å². The van der Waals surface area contributed by atoms with Crippen molar-refractivity contribution in [3.63, 3.8) is 0 Å². The highest BCUT2D eigenvalue weighted by Crippen LogP contribution is 2.28. The van der Waals surface area contributed by atoms with Crippen molar-refractivity contribution < 1.29 is 23.2 Å². The zero-order chi connectivity index (χ0) is 24.0. The number of nitrogens with zero attached hydrogens (tertiary/aromatic N) is 2. The average Bonchev–Trinajstić information content (AvgIpc) is 3.37. The standard InChI is InChI=1S/C25H27N3O5S/c29-25(26-30)9-6-20-10-13-28(19-20)34(31,32)24-18-23(21-4-2-1-3-5-21)8-7-22(24)11-12-27-14-16-33-17-15-27/h1-10,13,18-19,30H,11-12,14-17H2,(H,26,29)/b9-6+. The van der Waals surface area contributed by atoms with Crippen LogP contribution in [0.25, 0.3) is 17.2 Å². The molecule has 1 aromatic heterocycles. The Morgan fingerprint density at radius 2 is 1.82 bits per heavy atom. The molecule has 1 amide bonds. The molecular weight excluding hydrogens is 454 g/mol. The molecule has 8 nitrogen and oxygen atoms in total. The molecular formula is C25H27N3O5S. The minimum atomic E-state index is -3.89. The van der Waals surface area contributed by atoms with Crippen LogP contribution in [-0.2, 0) is 26.0 Å². The highest BCUT2D eigenvalue weighted by Gasteiger charge is 2.22. The average molecular weight is 482 g/mol. The van der Waals surface area contributed by atoms with Crippen LogP contribution in [0.1, 0.15) is 11.1 Å². The van der Waals surface area contributed by atoms with E-state index in [1.165, 1.54) is 23.9 Å². The second-order valence-electron chi connectivity index (χ2n) is 7.98. The summed E-state index contributed by atoms with van der Waals surface area (Å²) in [5.41, 5.74) is 4.52. The molecule has 0 atom stereocenters. The molecule has 0 saturated carbocycles. The van der Waals surface area contributed by atoms with Gasteiger partial charge in [-0.15, -0.1) is 0 Å². The van der Waals surface area contributed by atoms with Gasteiger partial charge in [0.1, 0.15) is 0 Å². The number of rotatable bonds is 8. The van der Waals surface area contributed by atoms with E-state index in [0.29, 0.717) is 25.2 Å². The zero-order valence-corrected chi connectivity index (χ0v) is 19.4. The first-order chi connectivity index (χ1) is 16.5. The molecule has 9 heteroatoms. The van der Waals surface area contributed by atoms with Crippen LogP contribution in [0.2, 0.25) is 0 Å². The molecule has 0 bridgehead atoms. The van der Waals surface area contributed by atoms with Gasteiger partial charge in [0, 0.05) is 38.1 Å². The molecule has 4 rings (SSSR count). The number of nitrogens with one attached hydrogen (secondary N) is 1. The van der Waals surface area contributed by atoms with Crippen molar-refractivity contribution in [3.05, 3.63) is 84.2 Å². The molecule has 0 radical (unpaired) electrons. The summed E-state index contributed by atoms with van der Waals surface area (Å²) in [5, 5.41) is 8.63. The second kappa shape index (κ2) is 10.8. The molecule has 34 heavy (non-hydrogen) atoms. The number of hydrogen-bond acceptors (Lipinski definition) is 6. The third kappa shape index (κ3) is 5.63. The number of carbonyl (C=O) groups excluding carboxylic acids is 1. The van der Waals surface area contributed by atoms with Crippen LogP contribution < -0.4 is 5.48 Å². The Kier molecular flexibility index (Phi) is 7.59. The number of hydrogen-bond donors (Lipinski definition) is 2. The maximum atomic E-state index is 13.7. The number of ether oxygens (including phenoxy) is 1. The summed E-state index contributed by atoms with van der Waals surface area (Å²) in [4.78, 5) is 13.8. The molecule has 1 aliphatic rings. The lowest BCUT2D eigenvalue weighted by atomic mass is 10.0. The lowest BCUT2D eigenvalue weighted by Gasteiger charge is -2.26. The van der Waals surface area contributed by atoms with Gasteiger partial charge in [0.2, 0.25) is 0 Å². The molecule has 2 aromatic carbocycles. The Morgan fingerprint density at radius 1 is 1.06 bits per heavy atom. The first kappa shape index (κ1) is 23.9. The van der Waals surface area contributed by atoms with E-state index in [0.717, 1.165) is 46.4 Å². The van der Waals surface area contributed by atoms with Crippen molar-refractivity contribution in [2.45, 2.75) is 11.3 Å². The summed E-state index contributed by atoms with van der Waals surface area (Å²) in [6, 6.07) is 16.8. The summed E-state index contributed by atoms with van der Waals surface area (Å²) < 4.78 is 33.9. The van der Waals surface area contributed by atoms with Crippen molar-refractivity contribution in [1.29, 1.82) is 0 Å². The van der Waals surface area contributed by atoms with Crippen molar-refractivity contribution >= 4 is 22.0 Å². The molecule has 0 spiro atoms. The monoisotopic (exact) mass is 481 g/mol. The van der Waals surface area contributed by atoms with Gasteiger partial charge >= 0.3 is 0 Å². The number of benzene rings is 2. The van der Waals surface area contributed by atoms with Crippen LogP contribution in [0.15, 0.2) is 78.0 Å². The van der Waals surface area contributed by atoms with Gasteiger partial charge in [0.05, 0.1) is 18.1 Å². The minimum Gasteiger partial charge on any atom is -0.379 e. The van der Waals surface area contributed by atoms with Crippen LogP contribution in [-0.4, -0.2) is 61.3 Å². The van der Waals surface area contributed by atoms with Crippen LogP contribution in [0, 0.1) is 0 Å². The van der Waals surface area contributed by atoms with Crippen molar-refractivity contribution in [2.75, 3.05) is 32.8 Å². The van der Waals surface area contributed by atoms with Gasteiger partial charge < -0.3 is 4.74 Å². The van der Waals surface area contributed by atoms with E-state index in [4.69, 9.17) is 9.94 Å². The zero-order valence-electron chi connectivity index (χ0n) is 18.6. The fourth-order valence-electron chi connectivity index (χ4n) is 3.88. The van der Waals surface area contributed by atoms with Gasteiger partial charge in [-0.3, -0.25) is 14.9 Å². The third-order valence-corrected chi connectivity index (χ3v) is 7.48. The summed E-state index contributed by atoms with van der Waals surface area (Å²) >= 11 is 0. The van der Waals surface area contributed by atoms with E-state index in [-0.39, 0.29) is 4.90 Å². The highest BCUT2D eigenvalue weighted by atomic mass is 32.2. The summed E-state index contributed by atoms with van der Waals surface area (Å²) in [5.74, 6) is -0.698. The highest BCUT2D eigenvalue weighted by molar-refractivity contribution is 7.90. The topological polar surface area (TPSA) is 101 Å². The van der Waals surface area contributed by atoms with Gasteiger partial charge in [0.15, 0.2) is 0 Å². The van der Waals surface area contributed by atoms with Crippen LogP contribution in [0.5, 0.6) is 0 Å². The SMILES string of the molecule is O=C(/C=C/c1ccn(S(=O)(=O)c2cc(-c3ccccc3)ccc2CCN2CCOCC2)c1)NO. The van der Waals surface area contributed by atoms with E-state index < -0.39 is 15.9 Å². The molecule has 0 aliphatic carbocycles. The number of aromatic nitrogens is 1. The summed E-state index contributed by atoms with van der Waals surface area (Å²) in [6.07, 6.45) is 6.03. The summed E-state index contributed by atoms with van der Waals surface area (Å²) in [7, 11) is -3.89. The van der Waals surface area contributed by atoms with E-state index in [1.807, 2.05) is 42.5 Å². The molecule has 1 fully saturated rings. The van der Waals surface area contributed by atoms with Gasteiger partial charge in [-0.05, 0) is 46.9 Å². The fourth-order valence-corrected chi connectivity index (χ4v) is 5.36. The molecule has 0 unspecified atom stereocenters. The van der Waals surface area contributed by atoms with Gasteiger partial charge in [0.25, 0.3) is 15.9 Å². The smallest absolute Gasteiger partial charge is 0.267 e. The minimum absolute atomic E-state index is 0.251. The van der Waals surface area contributed by atoms with E-state index >= 15 is 0 Å². The third-order valence-electron chi connectivity index (χ3n) is 5.76. The predicted molar refractivity (Wildman–Crippen MR) is 129 cm³/mol. The molecule has 2 N–H and O–H groups in total. The molecule has 3 aromatic rings. The molecule has 1 aliphatic heterocycles. The predicted octanol–water partition coefficient (Wildman–Crippen LogP) is 2.79. The normalized spacial score (nSPS) is 15.0. The summed E-state index contributed by atoms with van der Waals surface area (Å²) in [6.45, 7) is 3.78. The van der Waals surface area contributed by atoms with Gasteiger partial charge in [-0.1, -0.05) is 42.5 Å². The number of morpholine rings is 1. The lowest BCUT2D eigenvalue weighted by molar-refractivity contribution is -0.124. The van der Waals surface area contributed by atoms with Crippen molar-refractivity contribution in [1.82, 2.24) is 14.4 Å². The van der Waals surface area contributed by atoms with E-state index in [1.54, 1.807) is 12.1 Å². The van der Waals surface area contributed by atoms with E-state index in [2.05, 4.69) is 4.90 Å². The molecule has 1 saturated heterocycles. The Bertz CT molecular complexity index is 1260. The number of amides is 1. The lowest BCUT2D eigenvalue weighted by Crippen LogP contribution is -2.37. The van der Waals surface area contributed by atoms with E-state index in [9.17, 15) is 13.2 Å². The largest absolute Gasteiger partial charge is 0.379 e. The number of hydroxylamine groups is 1. The molecule has 2 heterocycles. The van der Waals surface area contributed by atoms with Gasteiger partial charge in [-0.2, -0.15) is 0 Å².